The summed E-state index contributed by atoms with van der Waals surface area (Å²) in [6.07, 6.45) is 0. The van der Waals surface area contributed by atoms with Gasteiger partial charge in [0.05, 0.1) is 10.6 Å². The fraction of sp³-hybridized carbons (Fsp3) is 0.286. The molecule has 3 aromatic rings. The average molecular weight is 428 g/mol. The van der Waals surface area contributed by atoms with Gasteiger partial charge in [0.1, 0.15) is 6.54 Å². The molecular weight excluding hydrogens is 406 g/mol. The summed E-state index contributed by atoms with van der Waals surface area (Å²) in [7, 11) is -3.70. The molecule has 2 aliphatic heterocycles. The predicted molar refractivity (Wildman–Crippen MR) is 115 cm³/mol. The standard InChI is InChI=1S/C21H21N3O3S2/c25-20(23-11-9-22(10-12-23)14-17-6-3-13-28-17)15-24-18-7-1-4-16-5-2-8-19(21(16)18)29(24,26)27/h1-8,13H,9-12,14-15H2. The summed E-state index contributed by atoms with van der Waals surface area (Å²) in [4.78, 5) is 18.7. The molecule has 3 heterocycles. The number of carbonyl (C=O) groups is 1. The molecular formula is C21H21N3O3S2. The molecule has 6 nitrogen and oxygen atoms in total. The molecule has 0 spiro atoms. The number of anilines is 1. The molecule has 0 N–H and O–H groups in total. The number of amides is 1. The van der Waals surface area contributed by atoms with Gasteiger partial charge in [-0.15, -0.1) is 11.3 Å². The number of benzene rings is 2. The van der Waals surface area contributed by atoms with Gasteiger partial charge in [0.2, 0.25) is 5.91 Å². The van der Waals surface area contributed by atoms with Crippen LogP contribution in [0.5, 0.6) is 0 Å². The zero-order chi connectivity index (χ0) is 20.0. The highest BCUT2D eigenvalue weighted by molar-refractivity contribution is 7.93. The largest absolute Gasteiger partial charge is 0.339 e. The summed E-state index contributed by atoms with van der Waals surface area (Å²) in [6.45, 7) is 3.58. The third-order valence-corrected chi connectivity index (χ3v) is 8.31. The maximum atomic E-state index is 13.1. The maximum Gasteiger partial charge on any atom is 0.265 e. The monoisotopic (exact) mass is 427 g/mol. The van der Waals surface area contributed by atoms with Crippen LogP contribution in [0, 0.1) is 0 Å². The Morgan fingerprint density at radius 1 is 0.966 bits per heavy atom. The van der Waals surface area contributed by atoms with Crippen LogP contribution in [0.25, 0.3) is 10.8 Å². The summed E-state index contributed by atoms with van der Waals surface area (Å²) in [5.41, 5.74) is 0.600. The van der Waals surface area contributed by atoms with Crippen molar-refractivity contribution in [1.29, 1.82) is 0 Å². The molecule has 0 atom stereocenters. The van der Waals surface area contributed by atoms with E-state index in [1.54, 1.807) is 34.4 Å². The second-order valence-electron chi connectivity index (χ2n) is 7.38. The van der Waals surface area contributed by atoms with Crippen LogP contribution >= 0.6 is 11.3 Å². The molecule has 1 saturated heterocycles. The van der Waals surface area contributed by atoms with Crippen molar-refractivity contribution >= 4 is 43.7 Å². The van der Waals surface area contributed by atoms with Gasteiger partial charge in [-0.3, -0.25) is 14.0 Å². The number of piperazine rings is 1. The minimum Gasteiger partial charge on any atom is -0.339 e. The molecule has 0 unspecified atom stereocenters. The SMILES string of the molecule is O=C(CN1c2cccc3cccc(c23)S1(=O)=O)N1CCN(Cc2cccs2)CC1. The van der Waals surface area contributed by atoms with Crippen LogP contribution in [0.4, 0.5) is 5.69 Å². The average Bonchev–Trinajstić information content (AvgIpc) is 3.31. The van der Waals surface area contributed by atoms with Crippen molar-refractivity contribution in [3.63, 3.8) is 0 Å². The number of carbonyl (C=O) groups excluding carboxylic acids is 1. The highest BCUT2D eigenvalue weighted by Crippen LogP contribution is 2.41. The first-order valence-corrected chi connectivity index (χ1v) is 11.9. The number of thiophene rings is 1. The molecule has 1 aromatic heterocycles. The minimum absolute atomic E-state index is 0.144. The van der Waals surface area contributed by atoms with E-state index in [1.807, 2.05) is 18.2 Å². The zero-order valence-electron chi connectivity index (χ0n) is 15.8. The predicted octanol–water partition coefficient (Wildman–Crippen LogP) is 2.75. The molecule has 5 rings (SSSR count). The Morgan fingerprint density at radius 2 is 1.72 bits per heavy atom. The van der Waals surface area contributed by atoms with E-state index >= 15 is 0 Å². The second kappa shape index (κ2) is 7.12. The topological polar surface area (TPSA) is 60.9 Å². The Morgan fingerprint density at radius 3 is 2.45 bits per heavy atom. The molecule has 0 bridgehead atoms. The highest BCUT2D eigenvalue weighted by atomic mass is 32.2. The van der Waals surface area contributed by atoms with E-state index in [9.17, 15) is 13.2 Å². The van der Waals surface area contributed by atoms with E-state index in [-0.39, 0.29) is 12.5 Å². The minimum atomic E-state index is -3.70. The fourth-order valence-electron chi connectivity index (χ4n) is 4.13. The van der Waals surface area contributed by atoms with Gasteiger partial charge in [0.25, 0.3) is 10.0 Å². The van der Waals surface area contributed by atoms with E-state index in [0.717, 1.165) is 25.0 Å². The number of rotatable bonds is 4. The van der Waals surface area contributed by atoms with Gasteiger partial charge < -0.3 is 4.90 Å². The molecule has 0 aliphatic carbocycles. The normalized spacial score (nSPS) is 18.5. The first-order valence-electron chi connectivity index (χ1n) is 9.61. The lowest BCUT2D eigenvalue weighted by Gasteiger charge is -2.35. The van der Waals surface area contributed by atoms with Crippen LogP contribution in [-0.4, -0.2) is 56.8 Å². The number of sulfonamides is 1. The van der Waals surface area contributed by atoms with Crippen LogP contribution in [0.15, 0.2) is 58.8 Å². The van der Waals surface area contributed by atoms with E-state index in [0.29, 0.717) is 29.1 Å². The van der Waals surface area contributed by atoms with Gasteiger partial charge in [0.15, 0.2) is 0 Å². The second-order valence-corrected chi connectivity index (χ2v) is 10.2. The maximum absolute atomic E-state index is 13.1. The van der Waals surface area contributed by atoms with Crippen molar-refractivity contribution < 1.29 is 13.2 Å². The van der Waals surface area contributed by atoms with Gasteiger partial charge in [-0.05, 0) is 29.0 Å². The lowest BCUT2D eigenvalue weighted by molar-refractivity contribution is -0.131. The van der Waals surface area contributed by atoms with E-state index < -0.39 is 10.0 Å². The fourth-order valence-corrected chi connectivity index (χ4v) is 6.54. The number of hydrogen-bond donors (Lipinski definition) is 0. The van der Waals surface area contributed by atoms with Crippen LogP contribution in [0.3, 0.4) is 0 Å². The summed E-state index contributed by atoms with van der Waals surface area (Å²) in [6, 6.07) is 15.0. The van der Waals surface area contributed by atoms with Gasteiger partial charge in [0, 0.05) is 43.0 Å². The van der Waals surface area contributed by atoms with Crippen molar-refractivity contribution in [2.24, 2.45) is 0 Å². The van der Waals surface area contributed by atoms with E-state index in [2.05, 4.69) is 22.4 Å². The van der Waals surface area contributed by atoms with Crippen LogP contribution in [-0.2, 0) is 21.4 Å². The van der Waals surface area contributed by atoms with Gasteiger partial charge in [-0.2, -0.15) is 0 Å². The Hall–Kier alpha value is -2.42. The van der Waals surface area contributed by atoms with E-state index in [1.165, 1.54) is 9.18 Å². The Balaban J connectivity index is 1.30. The Kier molecular flexibility index (Phi) is 4.57. The molecule has 1 fully saturated rings. The molecule has 8 heteroatoms. The van der Waals surface area contributed by atoms with E-state index in [4.69, 9.17) is 0 Å². The molecule has 150 valence electrons. The lowest BCUT2D eigenvalue weighted by atomic mass is 10.1. The van der Waals surface area contributed by atoms with Crippen LogP contribution in [0.2, 0.25) is 0 Å². The smallest absolute Gasteiger partial charge is 0.265 e. The Labute approximate surface area is 174 Å². The summed E-state index contributed by atoms with van der Waals surface area (Å²) in [5, 5.41) is 3.66. The first kappa shape index (κ1) is 18.6. The molecule has 0 radical (unpaired) electrons. The third-order valence-electron chi connectivity index (χ3n) is 5.64. The van der Waals surface area contributed by atoms with Crippen molar-refractivity contribution in [3.05, 3.63) is 58.8 Å². The molecule has 2 aromatic carbocycles. The van der Waals surface area contributed by atoms with Gasteiger partial charge >= 0.3 is 0 Å². The Bertz CT molecular complexity index is 1160. The van der Waals surface area contributed by atoms with Gasteiger partial charge in [-0.1, -0.05) is 30.3 Å². The van der Waals surface area contributed by atoms with Crippen molar-refractivity contribution in [1.82, 2.24) is 9.80 Å². The number of nitrogens with zero attached hydrogens (tertiary/aromatic N) is 3. The van der Waals surface area contributed by atoms with Gasteiger partial charge in [-0.25, -0.2) is 8.42 Å². The van der Waals surface area contributed by atoms with Crippen LogP contribution < -0.4 is 4.31 Å². The quantitative estimate of drug-likeness (QED) is 0.642. The number of hydrogen-bond acceptors (Lipinski definition) is 5. The molecule has 29 heavy (non-hydrogen) atoms. The molecule has 2 aliphatic rings. The van der Waals surface area contributed by atoms with Crippen molar-refractivity contribution in [2.75, 3.05) is 37.0 Å². The highest BCUT2D eigenvalue weighted by Gasteiger charge is 2.37. The molecule has 1 amide bonds. The van der Waals surface area contributed by atoms with Crippen molar-refractivity contribution in [3.8, 4) is 0 Å². The van der Waals surface area contributed by atoms with Crippen LogP contribution in [0.1, 0.15) is 4.88 Å². The van der Waals surface area contributed by atoms with Crippen molar-refractivity contribution in [2.45, 2.75) is 11.4 Å². The summed E-state index contributed by atoms with van der Waals surface area (Å²) in [5.74, 6) is -0.144. The summed E-state index contributed by atoms with van der Waals surface area (Å²) < 4.78 is 27.4. The zero-order valence-corrected chi connectivity index (χ0v) is 17.5. The summed E-state index contributed by atoms with van der Waals surface area (Å²) >= 11 is 1.74. The first-order chi connectivity index (χ1) is 14.0. The molecule has 0 saturated carbocycles. The third kappa shape index (κ3) is 3.21. The lowest BCUT2D eigenvalue weighted by Crippen LogP contribution is -2.51.